The van der Waals surface area contributed by atoms with Gasteiger partial charge in [0.1, 0.15) is 12.4 Å². The van der Waals surface area contributed by atoms with Crippen molar-refractivity contribution in [3.8, 4) is 11.5 Å². The summed E-state index contributed by atoms with van der Waals surface area (Å²) in [5.74, 6) is 0.606. The fourth-order valence-corrected chi connectivity index (χ4v) is 3.94. The molecule has 0 saturated carbocycles. The lowest BCUT2D eigenvalue weighted by atomic mass is 10.1. The van der Waals surface area contributed by atoms with E-state index in [1.54, 1.807) is 12.1 Å². The van der Waals surface area contributed by atoms with E-state index in [1.807, 2.05) is 51.1 Å². The molecule has 0 fully saturated rings. The molecule has 1 amide bonds. The Morgan fingerprint density at radius 3 is 2.46 bits per heavy atom. The molecule has 0 unspecified atom stereocenters. The summed E-state index contributed by atoms with van der Waals surface area (Å²) in [5.41, 5.74) is 2.68. The molecule has 0 aliphatic carbocycles. The van der Waals surface area contributed by atoms with Gasteiger partial charge in [0, 0.05) is 29.9 Å². The number of carbonyl (C=O) groups is 1. The van der Waals surface area contributed by atoms with Crippen LogP contribution < -0.4 is 20.1 Å². The van der Waals surface area contributed by atoms with Crippen molar-refractivity contribution < 1.29 is 18.7 Å². The lowest BCUT2D eigenvalue weighted by Crippen LogP contribution is -2.13. The molecule has 0 saturated heterocycles. The van der Waals surface area contributed by atoms with Gasteiger partial charge in [0.15, 0.2) is 11.5 Å². The van der Waals surface area contributed by atoms with Crippen molar-refractivity contribution in [1.29, 1.82) is 0 Å². The highest BCUT2D eigenvalue weighted by molar-refractivity contribution is 6.32. The van der Waals surface area contributed by atoms with E-state index >= 15 is 0 Å². The molecule has 0 heterocycles. The van der Waals surface area contributed by atoms with Gasteiger partial charge in [-0.2, -0.15) is 0 Å². The van der Waals surface area contributed by atoms with Gasteiger partial charge in [-0.15, -0.1) is 0 Å². The topological polar surface area (TPSA) is 59.6 Å². The largest absolute Gasteiger partial charge is 0.490 e. The lowest BCUT2D eigenvalue weighted by molar-refractivity contribution is -0.116. The predicted octanol–water partition coefficient (Wildman–Crippen LogP) is 7.71. The maximum Gasteiger partial charge on any atom is 0.224 e. The van der Waals surface area contributed by atoms with Crippen molar-refractivity contribution in [3.63, 3.8) is 0 Å². The van der Waals surface area contributed by atoms with Crippen molar-refractivity contribution in [2.24, 2.45) is 5.92 Å². The van der Waals surface area contributed by atoms with Gasteiger partial charge < -0.3 is 20.1 Å². The van der Waals surface area contributed by atoms with E-state index in [4.69, 9.17) is 32.7 Å². The van der Waals surface area contributed by atoms with Crippen LogP contribution >= 0.6 is 23.2 Å². The van der Waals surface area contributed by atoms with Crippen LogP contribution in [0.4, 0.5) is 15.8 Å². The third kappa shape index (κ3) is 7.77. The number of rotatable bonds is 11. The minimum Gasteiger partial charge on any atom is -0.490 e. The Morgan fingerprint density at radius 2 is 1.74 bits per heavy atom. The van der Waals surface area contributed by atoms with E-state index < -0.39 is 5.82 Å². The van der Waals surface area contributed by atoms with Gasteiger partial charge in [0.05, 0.1) is 16.7 Å². The Kier molecular flexibility index (Phi) is 9.64. The molecule has 0 atom stereocenters. The molecule has 0 spiro atoms. The Hall–Kier alpha value is -2.96. The number of anilines is 2. The molecule has 3 rings (SSSR count). The van der Waals surface area contributed by atoms with Crippen LogP contribution in [0.2, 0.25) is 10.0 Å². The third-order valence-corrected chi connectivity index (χ3v) is 5.66. The van der Waals surface area contributed by atoms with Crippen LogP contribution in [0.25, 0.3) is 0 Å². The summed E-state index contributed by atoms with van der Waals surface area (Å²) < 4.78 is 25.7. The van der Waals surface area contributed by atoms with E-state index in [0.717, 1.165) is 16.9 Å². The quantitative estimate of drug-likeness (QED) is 0.273. The molecule has 3 aromatic carbocycles. The molecule has 0 bridgehead atoms. The summed E-state index contributed by atoms with van der Waals surface area (Å²) in [7, 11) is 0. The van der Waals surface area contributed by atoms with Crippen molar-refractivity contribution in [3.05, 3.63) is 81.6 Å². The van der Waals surface area contributed by atoms with E-state index in [2.05, 4.69) is 10.6 Å². The number of ether oxygens (including phenoxy) is 2. The molecule has 0 aromatic heterocycles. The number of benzene rings is 3. The van der Waals surface area contributed by atoms with Crippen LogP contribution in [0, 0.1) is 11.7 Å². The summed E-state index contributed by atoms with van der Waals surface area (Å²) in [5, 5.41) is 6.87. The molecule has 0 aliphatic rings. The normalized spacial score (nSPS) is 10.8. The van der Waals surface area contributed by atoms with Crippen LogP contribution in [0.3, 0.4) is 0 Å². The average Bonchev–Trinajstić information content (AvgIpc) is 2.78. The first kappa shape index (κ1) is 26.6. The van der Waals surface area contributed by atoms with Gasteiger partial charge >= 0.3 is 0 Å². The fourth-order valence-electron chi connectivity index (χ4n) is 3.43. The Balaban J connectivity index is 1.71. The highest BCUT2D eigenvalue weighted by atomic mass is 35.5. The monoisotopic (exact) mass is 518 g/mol. The van der Waals surface area contributed by atoms with Gasteiger partial charge in [0.2, 0.25) is 5.91 Å². The number of nitrogens with one attached hydrogen (secondary N) is 2. The molecule has 0 aliphatic heterocycles. The molecule has 0 radical (unpaired) electrons. The first-order valence-corrected chi connectivity index (χ1v) is 12.2. The molecule has 186 valence electrons. The van der Waals surface area contributed by atoms with Gasteiger partial charge in [-0.05, 0) is 60.9 Å². The highest BCUT2D eigenvalue weighted by Crippen LogP contribution is 2.38. The second kappa shape index (κ2) is 12.7. The molecule has 3 aromatic rings. The number of amides is 1. The second-order valence-corrected chi connectivity index (χ2v) is 9.22. The minimum absolute atomic E-state index is 0.0162. The number of carbonyl (C=O) groups excluding carboxylic acids is 1. The number of hydrogen-bond acceptors (Lipinski definition) is 4. The molecular formula is C27H29Cl2FN2O3. The Morgan fingerprint density at radius 1 is 1.00 bits per heavy atom. The van der Waals surface area contributed by atoms with Crippen LogP contribution in [0.15, 0.2) is 54.6 Å². The summed E-state index contributed by atoms with van der Waals surface area (Å²) in [4.78, 5) is 12.1. The van der Waals surface area contributed by atoms with Crippen LogP contribution in [0.5, 0.6) is 11.5 Å². The fraction of sp³-hybridized carbons (Fsp3) is 0.296. The first-order valence-electron chi connectivity index (χ1n) is 11.4. The zero-order valence-electron chi connectivity index (χ0n) is 20.0. The summed E-state index contributed by atoms with van der Waals surface area (Å²) >= 11 is 12.6. The van der Waals surface area contributed by atoms with Crippen molar-refractivity contribution in [2.75, 3.05) is 17.2 Å². The smallest absolute Gasteiger partial charge is 0.224 e. The SMILES string of the molecule is CCOc1cc(CNc2cccc(NC(=O)CC(C)C)c2)cc(Cl)c1OCc1c(F)cccc1Cl. The van der Waals surface area contributed by atoms with E-state index in [9.17, 15) is 9.18 Å². The summed E-state index contributed by atoms with van der Waals surface area (Å²) in [6.07, 6.45) is 0.466. The zero-order chi connectivity index (χ0) is 25.4. The molecule has 35 heavy (non-hydrogen) atoms. The van der Waals surface area contributed by atoms with Crippen LogP contribution in [0.1, 0.15) is 38.3 Å². The average molecular weight is 519 g/mol. The minimum atomic E-state index is -0.449. The zero-order valence-corrected chi connectivity index (χ0v) is 21.5. The Bertz CT molecular complexity index is 1150. The van der Waals surface area contributed by atoms with E-state index in [0.29, 0.717) is 36.1 Å². The van der Waals surface area contributed by atoms with Crippen molar-refractivity contribution >= 4 is 40.5 Å². The number of hydrogen-bond donors (Lipinski definition) is 2. The van der Waals surface area contributed by atoms with Crippen LogP contribution in [-0.2, 0) is 17.9 Å². The van der Waals surface area contributed by atoms with E-state index in [1.165, 1.54) is 12.1 Å². The lowest BCUT2D eigenvalue weighted by Gasteiger charge is -2.17. The predicted molar refractivity (Wildman–Crippen MR) is 140 cm³/mol. The Labute approximate surface area is 215 Å². The summed E-state index contributed by atoms with van der Waals surface area (Å²) in [6.45, 7) is 6.65. The second-order valence-electron chi connectivity index (χ2n) is 8.41. The number of halogens is 3. The van der Waals surface area contributed by atoms with Gasteiger partial charge in [0.25, 0.3) is 0 Å². The first-order chi connectivity index (χ1) is 16.8. The van der Waals surface area contributed by atoms with Crippen LogP contribution in [-0.4, -0.2) is 12.5 Å². The van der Waals surface area contributed by atoms with Gasteiger partial charge in [-0.3, -0.25) is 4.79 Å². The standard InChI is InChI=1S/C27H29Cl2FN2O3/c1-4-34-25-13-18(12-23(29)27(25)35-16-21-22(28)9-6-10-24(21)30)15-31-19-7-5-8-20(14-19)32-26(33)11-17(2)3/h5-10,12-14,17,31H,4,11,15-16H2,1-3H3,(H,32,33). The van der Waals surface area contributed by atoms with Crippen molar-refractivity contribution in [2.45, 2.75) is 40.3 Å². The molecular weight excluding hydrogens is 490 g/mol. The van der Waals surface area contributed by atoms with Gasteiger partial charge in [-0.25, -0.2) is 4.39 Å². The highest BCUT2D eigenvalue weighted by Gasteiger charge is 2.15. The van der Waals surface area contributed by atoms with Gasteiger partial charge in [-0.1, -0.05) is 49.2 Å². The molecule has 2 N–H and O–H groups in total. The van der Waals surface area contributed by atoms with Crippen molar-refractivity contribution in [1.82, 2.24) is 0 Å². The summed E-state index contributed by atoms with van der Waals surface area (Å²) in [6, 6.07) is 15.6. The maximum absolute atomic E-state index is 14.1. The molecule has 5 nitrogen and oxygen atoms in total. The third-order valence-electron chi connectivity index (χ3n) is 5.03. The molecule has 8 heteroatoms. The van der Waals surface area contributed by atoms with E-state index in [-0.39, 0.29) is 29.0 Å². The maximum atomic E-state index is 14.1.